The average Bonchev–Trinajstić information content (AvgIpc) is 2.61. The molecule has 2 aromatic rings. The quantitative estimate of drug-likeness (QED) is 0.865. The first-order valence-electron chi connectivity index (χ1n) is 7.57. The molecule has 1 aliphatic rings. The maximum atomic E-state index is 12.4. The Labute approximate surface area is 134 Å². The van der Waals surface area contributed by atoms with E-state index in [1.807, 2.05) is 30.3 Å². The predicted molar refractivity (Wildman–Crippen MR) is 86.4 cm³/mol. The number of para-hydroxylation sites is 2. The number of nitrogens with zero attached hydrogens (tertiary/aromatic N) is 2. The van der Waals surface area contributed by atoms with Gasteiger partial charge in [0, 0.05) is 12.7 Å². The number of fused-ring (bicyclic) bond motifs is 1. The van der Waals surface area contributed by atoms with Crippen molar-refractivity contribution in [1.29, 1.82) is 0 Å². The summed E-state index contributed by atoms with van der Waals surface area (Å²) in [5, 5.41) is 13.0. The summed E-state index contributed by atoms with van der Waals surface area (Å²) >= 11 is 0. The summed E-state index contributed by atoms with van der Waals surface area (Å²) < 4.78 is 5.54. The van der Waals surface area contributed by atoms with E-state index in [0.717, 1.165) is 11.4 Å². The summed E-state index contributed by atoms with van der Waals surface area (Å²) in [5.74, 6) is 0.676. The zero-order valence-electron chi connectivity index (χ0n) is 12.7. The summed E-state index contributed by atoms with van der Waals surface area (Å²) in [6, 6.07) is 12.9. The van der Waals surface area contributed by atoms with Crippen molar-refractivity contribution in [2.45, 2.75) is 6.10 Å². The van der Waals surface area contributed by atoms with Gasteiger partial charge in [0.15, 0.2) is 0 Å². The molecule has 1 unspecified atom stereocenters. The van der Waals surface area contributed by atoms with Gasteiger partial charge in [0.2, 0.25) is 5.91 Å². The van der Waals surface area contributed by atoms with Gasteiger partial charge < -0.3 is 20.1 Å². The molecule has 6 nitrogen and oxygen atoms in total. The van der Waals surface area contributed by atoms with Crippen molar-refractivity contribution in [3.63, 3.8) is 0 Å². The van der Waals surface area contributed by atoms with E-state index in [1.165, 1.54) is 0 Å². The number of hydrogen-bond acceptors (Lipinski definition) is 5. The molecule has 1 amide bonds. The Hall–Kier alpha value is -2.44. The Morgan fingerprint density at radius 2 is 2.13 bits per heavy atom. The van der Waals surface area contributed by atoms with Crippen molar-refractivity contribution < 1.29 is 14.6 Å². The van der Waals surface area contributed by atoms with Crippen molar-refractivity contribution in [2.24, 2.45) is 0 Å². The van der Waals surface area contributed by atoms with Crippen LogP contribution in [0.5, 0.6) is 5.75 Å². The molecule has 0 aliphatic carbocycles. The molecule has 0 spiro atoms. The van der Waals surface area contributed by atoms with Gasteiger partial charge in [0.25, 0.3) is 0 Å². The molecule has 1 atom stereocenters. The number of hydrogen-bond donors (Lipinski definition) is 2. The normalized spacial score (nSPS) is 14.7. The highest BCUT2D eigenvalue weighted by Crippen LogP contribution is 2.30. The molecule has 1 aromatic carbocycles. The van der Waals surface area contributed by atoms with Gasteiger partial charge in [0.05, 0.1) is 24.5 Å². The summed E-state index contributed by atoms with van der Waals surface area (Å²) in [6.07, 6.45) is 0.898. The number of aromatic nitrogens is 1. The first-order valence-corrected chi connectivity index (χ1v) is 7.57. The molecule has 0 saturated heterocycles. The fraction of sp³-hybridized carbons (Fsp3) is 0.294. The first kappa shape index (κ1) is 15.5. The molecule has 6 heteroatoms. The minimum Gasteiger partial charge on any atom is -0.490 e. The van der Waals surface area contributed by atoms with Crippen LogP contribution in [0.1, 0.15) is 11.8 Å². The second-order valence-corrected chi connectivity index (χ2v) is 5.26. The van der Waals surface area contributed by atoms with E-state index in [0.29, 0.717) is 18.8 Å². The van der Waals surface area contributed by atoms with E-state index in [-0.39, 0.29) is 19.0 Å². The fourth-order valence-electron chi connectivity index (χ4n) is 2.52. The van der Waals surface area contributed by atoms with E-state index in [9.17, 15) is 9.90 Å². The van der Waals surface area contributed by atoms with Gasteiger partial charge in [0.1, 0.15) is 18.5 Å². The zero-order chi connectivity index (χ0) is 16.1. The molecule has 0 saturated carbocycles. The van der Waals surface area contributed by atoms with Crippen LogP contribution in [0.3, 0.4) is 0 Å². The Bertz CT molecular complexity index is 663. The molecule has 0 radical (unpaired) electrons. The van der Waals surface area contributed by atoms with Gasteiger partial charge in [-0.05, 0) is 24.3 Å². The molecule has 2 N–H and O–H groups in total. The minimum atomic E-state index is -0.735. The van der Waals surface area contributed by atoms with Gasteiger partial charge in [-0.3, -0.25) is 9.78 Å². The third kappa shape index (κ3) is 3.67. The number of nitrogens with one attached hydrogen (secondary N) is 1. The van der Waals surface area contributed by atoms with E-state index in [4.69, 9.17) is 4.74 Å². The fourth-order valence-corrected chi connectivity index (χ4v) is 2.52. The number of carbonyl (C=O) groups is 1. The monoisotopic (exact) mass is 313 g/mol. The van der Waals surface area contributed by atoms with Crippen molar-refractivity contribution in [3.8, 4) is 5.75 Å². The van der Waals surface area contributed by atoms with Crippen molar-refractivity contribution in [2.75, 3.05) is 31.1 Å². The smallest absolute Gasteiger partial charge is 0.241 e. The van der Waals surface area contributed by atoms with E-state index in [2.05, 4.69) is 10.3 Å². The molecular weight excluding hydrogens is 294 g/mol. The average molecular weight is 313 g/mol. The topological polar surface area (TPSA) is 74.7 Å². The number of benzene rings is 1. The maximum absolute atomic E-state index is 12.4. The van der Waals surface area contributed by atoms with Crippen LogP contribution in [0, 0.1) is 0 Å². The van der Waals surface area contributed by atoms with Gasteiger partial charge in [-0.15, -0.1) is 0 Å². The molecule has 120 valence electrons. The molecule has 2 heterocycles. The second kappa shape index (κ2) is 7.21. The summed E-state index contributed by atoms with van der Waals surface area (Å²) in [6.45, 7) is 1.44. The van der Waals surface area contributed by atoms with E-state index < -0.39 is 6.10 Å². The number of ether oxygens (including phenoxy) is 1. The lowest BCUT2D eigenvalue weighted by atomic mass is 10.2. The third-order valence-corrected chi connectivity index (χ3v) is 3.67. The molecule has 0 bridgehead atoms. The number of pyridine rings is 1. The van der Waals surface area contributed by atoms with Crippen molar-refractivity contribution in [1.82, 2.24) is 10.3 Å². The third-order valence-electron chi connectivity index (χ3n) is 3.67. The largest absolute Gasteiger partial charge is 0.490 e. The number of aliphatic hydroxyl groups excluding tert-OH is 1. The highest BCUT2D eigenvalue weighted by Gasteiger charge is 2.23. The van der Waals surface area contributed by atoms with Crippen LogP contribution in [-0.4, -0.2) is 42.2 Å². The highest BCUT2D eigenvalue weighted by molar-refractivity contribution is 5.96. The lowest BCUT2D eigenvalue weighted by molar-refractivity contribution is -0.118. The van der Waals surface area contributed by atoms with Crippen LogP contribution in [-0.2, 0) is 4.79 Å². The zero-order valence-corrected chi connectivity index (χ0v) is 12.7. The number of amides is 1. The Balaban J connectivity index is 1.54. The van der Waals surface area contributed by atoms with Crippen LogP contribution in [0.4, 0.5) is 5.69 Å². The van der Waals surface area contributed by atoms with Crippen molar-refractivity contribution >= 4 is 11.6 Å². The van der Waals surface area contributed by atoms with Gasteiger partial charge in [-0.1, -0.05) is 18.2 Å². The van der Waals surface area contributed by atoms with Gasteiger partial charge in [-0.25, -0.2) is 0 Å². The second-order valence-electron chi connectivity index (χ2n) is 5.26. The van der Waals surface area contributed by atoms with E-state index >= 15 is 0 Å². The van der Waals surface area contributed by atoms with Crippen LogP contribution in [0.25, 0.3) is 0 Å². The number of rotatable bonds is 5. The number of aliphatic hydroxyl groups is 1. The van der Waals surface area contributed by atoms with Crippen LogP contribution >= 0.6 is 0 Å². The van der Waals surface area contributed by atoms with Crippen LogP contribution in [0.2, 0.25) is 0 Å². The van der Waals surface area contributed by atoms with Crippen LogP contribution in [0.15, 0.2) is 48.7 Å². The Kier molecular flexibility index (Phi) is 4.85. The lowest BCUT2D eigenvalue weighted by Crippen LogP contribution is -2.43. The Morgan fingerprint density at radius 1 is 1.30 bits per heavy atom. The summed E-state index contributed by atoms with van der Waals surface area (Å²) in [7, 11) is 0. The molecule has 1 aromatic heterocycles. The van der Waals surface area contributed by atoms with Crippen molar-refractivity contribution in [3.05, 3.63) is 54.4 Å². The van der Waals surface area contributed by atoms with E-state index in [1.54, 1.807) is 23.2 Å². The molecule has 3 rings (SSSR count). The number of carbonyl (C=O) groups excluding carboxylic acids is 1. The molecule has 0 fully saturated rings. The predicted octanol–water partition coefficient (Wildman–Crippen LogP) is 1.13. The summed E-state index contributed by atoms with van der Waals surface area (Å²) in [5.41, 5.74) is 1.37. The number of anilines is 1. The molecule has 1 aliphatic heterocycles. The first-order chi connectivity index (χ1) is 11.3. The van der Waals surface area contributed by atoms with Gasteiger partial charge in [-0.2, -0.15) is 0 Å². The summed E-state index contributed by atoms with van der Waals surface area (Å²) in [4.78, 5) is 18.2. The Morgan fingerprint density at radius 3 is 2.96 bits per heavy atom. The SMILES string of the molecule is O=C(CNCC(O)c1ccccn1)N1CCOc2ccccc21. The lowest BCUT2D eigenvalue weighted by Gasteiger charge is -2.29. The minimum absolute atomic E-state index is 0.0472. The van der Waals surface area contributed by atoms with Crippen LogP contribution < -0.4 is 15.0 Å². The molecule has 23 heavy (non-hydrogen) atoms. The maximum Gasteiger partial charge on any atom is 0.241 e. The standard InChI is InChI=1S/C17H19N3O3/c21-15(13-5-3-4-8-19-13)11-18-12-17(22)20-9-10-23-16-7-2-1-6-14(16)20/h1-8,15,18,21H,9-12H2. The highest BCUT2D eigenvalue weighted by atomic mass is 16.5. The molecular formula is C17H19N3O3. The van der Waals surface area contributed by atoms with Gasteiger partial charge >= 0.3 is 0 Å².